The van der Waals surface area contributed by atoms with Gasteiger partial charge in [-0.15, -0.1) is 0 Å². The third kappa shape index (κ3) is 4.79. The Morgan fingerprint density at radius 2 is 1.94 bits per heavy atom. The van der Waals surface area contributed by atoms with Crippen LogP contribution in [0, 0.1) is 17.4 Å². The van der Waals surface area contributed by atoms with Crippen molar-refractivity contribution in [2.24, 2.45) is 5.41 Å². The fourth-order valence-corrected chi connectivity index (χ4v) is 2.80. The topological polar surface area (TPSA) is 49.3 Å². The highest BCUT2D eigenvalue weighted by atomic mass is 16.2. The summed E-state index contributed by atoms with van der Waals surface area (Å²) >= 11 is 0. The summed E-state index contributed by atoms with van der Waals surface area (Å²) in [6.45, 7) is 0.439. The molecule has 0 aromatic carbocycles. The molecule has 3 nitrogen and oxygen atoms in total. The number of hydrogen-bond acceptors (Lipinski definition) is 3. The first-order valence-corrected chi connectivity index (χ1v) is 6.51. The number of aliphatic hydroxyl groups is 1. The number of carbonyl (C=O) groups excluding carboxylic acids is 1. The highest BCUT2D eigenvalue weighted by Gasteiger charge is 2.32. The minimum absolute atomic E-state index is 0.0141. The van der Waals surface area contributed by atoms with Crippen LogP contribution < -0.4 is 5.32 Å². The van der Waals surface area contributed by atoms with Crippen LogP contribution in [0.4, 0.5) is 0 Å². The van der Waals surface area contributed by atoms with Crippen LogP contribution in [0.15, 0.2) is 0 Å². The van der Waals surface area contributed by atoms with Crippen molar-refractivity contribution in [2.75, 3.05) is 13.6 Å². The van der Waals surface area contributed by atoms with E-state index in [0.29, 0.717) is 19.4 Å². The molecular weight excluding hydrogens is 214 g/mol. The molecule has 2 N–H and O–H groups in total. The summed E-state index contributed by atoms with van der Waals surface area (Å²) in [4.78, 5) is 11.8. The molecule has 1 aliphatic rings. The predicted molar refractivity (Wildman–Crippen MR) is 68.0 cm³/mol. The average molecular weight is 237 g/mol. The van der Waals surface area contributed by atoms with Gasteiger partial charge in [0.25, 0.3) is 0 Å². The molecule has 0 amide bonds. The van der Waals surface area contributed by atoms with E-state index in [1.807, 2.05) is 6.11 Å². The van der Waals surface area contributed by atoms with Crippen LogP contribution in [-0.4, -0.2) is 24.5 Å². The molecular formula is C14H23NO2. The first kappa shape index (κ1) is 14.1. The maximum Gasteiger partial charge on any atom is 0.147 e. The maximum atomic E-state index is 11.8. The van der Waals surface area contributed by atoms with E-state index in [0.717, 1.165) is 12.8 Å². The first-order chi connectivity index (χ1) is 8.22. The summed E-state index contributed by atoms with van der Waals surface area (Å²) in [5.74, 6) is 3.03. The number of hydrogen-bond donors (Lipinski definition) is 2. The number of aliphatic hydroxyl groups excluding tert-OH is 1. The highest BCUT2D eigenvalue weighted by molar-refractivity contribution is 5.81. The molecule has 96 valence electrons. The van der Waals surface area contributed by atoms with Gasteiger partial charge in [0.1, 0.15) is 11.9 Å². The van der Waals surface area contributed by atoms with Crippen molar-refractivity contribution in [1.82, 2.24) is 5.32 Å². The predicted octanol–water partition coefficient (Wildman–Crippen LogP) is 2.23. The number of ketones is 1. The van der Waals surface area contributed by atoms with Gasteiger partial charge in [0.05, 0.1) is 6.54 Å². The summed E-state index contributed by atoms with van der Waals surface area (Å²) in [5.41, 5.74) is 0.0141. The second-order valence-corrected chi connectivity index (χ2v) is 5.13. The molecule has 1 fully saturated rings. The van der Waals surface area contributed by atoms with Crippen LogP contribution in [0.2, 0.25) is 0 Å². The fourth-order valence-electron chi connectivity index (χ4n) is 2.80. The van der Waals surface area contributed by atoms with Crippen molar-refractivity contribution in [2.45, 2.75) is 51.4 Å². The lowest BCUT2D eigenvalue weighted by Crippen LogP contribution is -2.28. The lowest BCUT2D eigenvalue weighted by molar-refractivity contribution is -0.120. The summed E-state index contributed by atoms with van der Waals surface area (Å²) in [6.07, 6.45) is 10.3. The standard InChI is InChI=1S/C14H23NO2/c1-15-12-13(17)11-14(9-6-10-16)7-4-2-3-5-8-14/h15-16H,2-5,7-9,11-12H2,1H3. The van der Waals surface area contributed by atoms with E-state index in [2.05, 4.69) is 11.2 Å². The van der Waals surface area contributed by atoms with Crippen LogP contribution in [0.3, 0.4) is 0 Å². The van der Waals surface area contributed by atoms with Crippen LogP contribution in [0.1, 0.15) is 51.4 Å². The van der Waals surface area contributed by atoms with E-state index >= 15 is 0 Å². The molecule has 0 spiro atoms. The van der Waals surface area contributed by atoms with E-state index in [4.69, 9.17) is 5.11 Å². The third-order valence-electron chi connectivity index (χ3n) is 3.65. The summed E-state index contributed by atoms with van der Waals surface area (Å²) < 4.78 is 0. The molecule has 0 atom stereocenters. The van der Waals surface area contributed by atoms with Gasteiger partial charge >= 0.3 is 0 Å². The second-order valence-electron chi connectivity index (χ2n) is 5.13. The first-order valence-electron chi connectivity index (χ1n) is 6.51. The molecule has 0 saturated heterocycles. The molecule has 0 aromatic rings. The van der Waals surface area contributed by atoms with Gasteiger partial charge in [-0.05, 0) is 25.3 Å². The van der Waals surface area contributed by atoms with Crippen molar-refractivity contribution >= 4 is 5.78 Å². The Hall–Kier alpha value is -1.01. The largest absolute Gasteiger partial charge is 0.462 e. The van der Waals surface area contributed by atoms with E-state index in [9.17, 15) is 4.79 Å². The molecule has 1 rings (SSSR count). The normalized spacial score (nSPS) is 18.9. The van der Waals surface area contributed by atoms with E-state index in [-0.39, 0.29) is 11.2 Å². The molecule has 0 heterocycles. The fraction of sp³-hybridized carbons (Fsp3) is 0.786. The van der Waals surface area contributed by atoms with Gasteiger partial charge in [0.2, 0.25) is 0 Å². The van der Waals surface area contributed by atoms with Crippen LogP contribution in [0.5, 0.6) is 0 Å². The summed E-state index contributed by atoms with van der Waals surface area (Å²) in [5, 5.41) is 11.6. The minimum Gasteiger partial charge on any atom is -0.462 e. The van der Waals surface area contributed by atoms with Gasteiger partial charge in [-0.2, -0.15) is 0 Å². The minimum atomic E-state index is 0.0141. The molecule has 0 unspecified atom stereocenters. The molecule has 0 bridgehead atoms. The Bertz CT molecular complexity index is 293. The SMILES string of the molecule is CNCC(=O)CC1(CC#CO)CCCCCC1. The number of Topliss-reactive ketones (excluding diaryl/α,β-unsaturated/α-hetero) is 1. The lowest BCUT2D eigenvalue weighted by Gasteiger charge is -2.30. The zero-order valence-electron chi connectivity index (χ0n) is 10.7. The quantitative estimate of drug-likeness (QED) is 0.569. The van der Waals surface area contributed by atoms with Crippen LogP contribution in [0.25, 0.3) is 0 Å². The second kappa shape index (κ2) is 7.34. The molecule has 0 aliphatic heterocycles. The molecule has 1 aliphatic carbocycles. The number of likely N-dealkylation sites (N-methyl/N-ethyl adjacent to an activating group) is 1. The number of carbonyl (C=O) groups is 1. The Balaban J connectivity index is 2.67. The highest BCUT2D eigenvalue weighted by Crippen LogP contribution is 2.41. The van der Waals surface area contributed by atoms with E-state index in [1.165, 1.54) is 25.7 Å². The molecule has 17 heavy (non-hydrogen) atoms. The Labute approximate surface area is 104 Å². The van der Waals surface area contributed by atoms with E-state index in [1.54, 1.807) is 7.05 Å². The monoisotopic (exact) mass is 237 g/mol. The van der Waals surface area contributed by atoms with Gasteiger partial charge < -0.3 is 10.4 Å². The number of rotatable bonds is 5. The van der Waals surface area contributed by atoms with Crippen LogP contribution in [-0.2, 0) is 4.79 Å². The van der Waals surface area contributed by atoms with Crippen molar-refractivity contribution in [3.63, 3.8) is 0 Å². The van der Waals surface area contributed by atoms with Crippen molar-refractivity contribution in [3.8, 4) is 12.0 Å². The Morgan fingerprint density at radius 1 is 1.29 bits per heavy atom. The molecule has 0 aromatic heterocycles. The lowest BCUT2D eigenvalue weighted by atomic mass is 9.74. The third-order valence-corrected chi connectivity index (χ3v) is 3.65. The zero-order valence-corrected chi connectivity index (χ0v) is 10.7. The zero-order chi connectivity index (χ0) is 12.6. The van der Waals surface area contributed by atoms with Crippen molar-refractivity contribution < 1.29 is 9.90 Å². The Kier molecular flexibility index (Phi) is 6.07. The Morgan fingerprint density at radius 3 is 2.47 bits per heavy atom. The van der Waals surface area contributed by atoms with Gasteiger partial charge in [-0.3, -0.25) is 4.79 Å². The summed E-state index contributed by atoms with van der Waals surface area (Å²) in [7, 11) is 1.80. The molecule has 3 heteroatoms. The van der Waals surface area contributed by atoms with Crippen molar-refractivity contribution in [1.29, 1.82) is 0 Å². The van der Waals surface area contributed by atoms with Gasteiger partial charge in [-0.1, -0.05) is 31.6 Å². The smallest absolute Gasteiger partial charge is 0.147 e. The van der Waals surface area contributed by atoms with Gasteiger partial charge in [-0.25, -0.2) is 0 Å². The summed E-state index contributed by atoms with van der Waals surface area (Å²) in [6, 6.07) is 0. The molecule has 0 radical (unpaired) electrons. The average Bonchev–Trinajstić information content (AvgIpc) is 2.53. The number of nitrogens with one attached hydrogen (secondary N) is 1. The maximum absolute atomic E-state index is 11.8. The molecule has 1 saturated carbocycles. The van der Waals surface area contributed by atoms with Crippen LogP contribution >= 0.6 is 0 Å². The van der Waals surface area contributed by atoms with E-state index < -0.39 is 0 Å². The van der Waals surface area contributed by atoms with Gasteiger partial charge in [0.15, 0.2) is 0 Å². The van der Waals surface area contributed by atoms with Crippen molar-refractivity contribution in [3.05, 3.63) is 0 Å². The van der Waals surface area contributed by atoms with Gasteiger partial charge in [0, 0.05) is 12.8 Å².